The van der Waals surface area contributed by atoms with Crippen LogP contribution in [0.1, 0.15) is 10.4 Å². The van der Waals surface area contributed by atoms with Crippen molar-refractivity contribution in [2.45, 2.75) is 0 Å². The molecule has 2 rings (SSSR count). The lowest BCUT2D eigenvalue weighted by atomic mass is 10.2. The maximum absolute atomic E-state index is 13.1. The van der Waals surface area contributed by atoms with Crippen LogP contribution in [-0.4, -0.2) is 18.2 Å². The molecule has 0 saturated heterocycles. The summed E-state index contributed by atoms with van der Waals surface area (Å²) in [5.41, 5.74) is 1.57. The van der Waals surface area contributed by atoms with Gasteiger partial charge in [-0.3, -0.25) is 0 Å². The van der Waals surface area contributed by atoms with Crippen molar-refractivity contribution in [3.8, 4) is 0 Å². The van der Waals surface area contributed by atoms with Gasteiger partial charge in [0.15, 0.2) is 5.11 Å². The van der Waals surface area contributed by atoms with Gasteiger partial charge in [-0.2, -0.15) is 0 Å². The third-order valence-electron chi connectivity index (χ3n) is 2.72. The van der Waals surface area contributed by atoms with E-state index in [2.05, 4.69) is 15.4 Å². The van der Waals surface area contributed by atoms with E-state index in [1.807, 2.05) is 0 Å². The molecule has 0 radical (unpaired) electrons. The molecule has 0 spiro atoms. The normalized spacial score (nSPS) is 9.95. The molecule has 0 aliphatic heterocycles. The Morgan fingerprint density at radius 1 is 1.18 bits per heavy atom. The van der Waals surface area contributed by atoms with E-state index in [1.54, 1.807) is 24.3 Å². The molecule has 0 saturated carbocycles. The molecule has 2 N–H and O–H groups in total. The van der Waals surface area contributed by atoms with E-state index in [-0.39, 0.29) is 10.1 Å². The maximum atomic E-state index is 13.1. The first-order valence-corrected chi connectivity index (χ1v) is 6.99. The van der Waals surface area contributed by atoms with Crippen LogP contribution in [0.2, 0.25) is 5.02 Å². The molecule has 4 nitrogen and oxygen atoms in total. The van der Waals surface area contributed by atoms with E-state index in [9.17, 15) is 9.18 Å². The smallest absolute Gasteiger partial charge is 0.337 e. The van der Waals surface area contributed by atoms with E-state index >= 15 is 0 Å². The Balaban J connectivity index is 2.05. The lowest BCUT2D eigenvalue weighted by molar-refractivity contribution is 0.0601. The molecule has 2 aromatic carbocycles. The highest BCUT2D eigenvalue weighted by molar-refractivity contribution is 7.80. The second-order valence-electron chi connectivity index (χ2n) is 4.28. The zero-order valence-corrected chi connectivity index (χ0v) is 13.1. The number of thiocarbonyl (C=S) groups is 1. The number of esters is 1. The fourth-order valence-corrected chi connectivity index (χ4v) is 2.13. The third-order valence-corrected chi connectivity index (χ3v) is 3.21. The molecule has 0 aliphatic rings. The topological polar surface area (TPSA) is 50.4 Å². The highest BCUT2D eigenvalue weighted by Gasteiger charge is 2.07. The van der Waals surface area contributed by atoms with Crippen LogP contribution in [0.4, 0.5) is 15.8 Å². The lowest BCUT2D eigenvalue weighted by Gasteiger charge is -2.11. The minimum Gasteiger partial charge on any atom is -0.465 e. The highest BCUT2D eigenvalue weighted by Crippen LogP contribution is 2.19. The number of methoxy groups -OCH3 is 1. The Kier molecular flexibility index (Phi) is 5.30. The van der Waals surface area contributed by atoms with Gasteiger partial charge in [0.2, 0.25) is 0 Å². The van der Waals surface area contributed by atoms with Crippen LogP contribution in [0, 0.1) is 5.82 Å². The van der Waals surface area contributed by atoms with Crippen molar-refractivity contribution < 1.29 is 13.9 Å². The average Bonchev–Trinajstić information content (AvgIpc) is 2.50. The number of hydrogen-bond acceptors (Lipinski definition) is 3. The summed E-state index contributed by atoms with van der Waals surface area (Å²) in [5.74, 6) is -0.940. The van der Waals surface area contributed by atoms with Gasteiger partial charge in [0, 0.05) is 11.4 Å². The van der Waals surface area contributed by atoms with Gasteiger partial charge in [-0.25, -0.2) is 9.18 Å². The standard InChI is InChI=1S/C15H12ClFN2O2S/c1-21-14(20)9-3-2-4-10(7-9)18-15(22)19-11-5-6-13(17)12(16)8-11/h2-8H,1H3,(H2,18,19,22). The molecule has 0 heterocycles. The van der Waals surface area contributed by atoms with Crippen LogP contribution in [0.3, 0.4) is 0 Å². The molecule has 0 unspecified atom stereocenters. The Morgan fingerprint density at radius 3 is 2.50 bits per heavy atom. The van der Waals surface area contributed by atoms with Crippen LogP contribution in [0.5, 0.6) is 0 Å². The number of rotatable bonds is 3. The molecule has 2 aromatic rings. The average molecular weight is 339 g/mol. The highest BCUT2D eigenvalue weighted by atomic mass is 35.5. The minimum atomic E-state index is -0.503. The van der Waals surface area contributed by atoms with E-state index in [4.69, 9.17) is 23.8 Å². The number of ether oxygens (including phenoxy) is 1. The molecule has 0 fully saturated rings. The summed E-state index contributed by atoms with van der Waals surface area (Å²) in [6.45, 7) is 0. The predicted octanol–water partition coefficient (Wildman–Crippen LogP) is 4.07. The van der Waals surface area contributed by atoms with Gasteiger partial charge < -0.3 is 15.4 Å². The molecule has 114 valence electrons. The van der Waals surface area contributed by atoms with Gasteiger partial charge in [-0.05, 0) is 48.6 Å². The van der Waals surface area contributed by atoms with Crippen molar-refractivity contribution >= 4 is 46.3 Å². The first-order valence-electron chi connectivity index (χ1n) is 6.21. The fraction of sp³-hybridized carbons (Fsp3) is 0.0667. The summed E-state index contributed by atoms with van der Waals surface area (Å²) < 4.78 is 17.7. The van der Waals surface area contributed by atoms with Crippen molar-refractivity contribution in [3.63, 3.8) is 0 Å². The Labute approximate surface area is 137 Å². The summed E-state index contributed by atoms with van der Waals surface area (Å²) in [6.07, 6.45) is 0. The van der Waals surface area contributed by atoms with E-state index < -0.39 is 11.8 Å². The molecule has 22 heavy (non-hydrogen) atoms. The number of carbonyl (C=O) groups is 1. The number of carbonyl (C=O) groups excluding carboxylic acids is 1. The monoisotopic (exact) mass is 338 g/mol. The van der Waals surface area contributed by atoms with Crippen LogP contribution in [0.15, 0.2) is 42.5 Å². The summed E-state index contributed by atoms with van der Waals surface area (Å²) in [4.78, 5) is 11.5. The number of anilines is 2. The molecule has 7 heteroatoms. The lowest BCUT2D eigenvalue weighted by Crippen LogP contribution is -2.19. The Morgan fingerprint density at radius 2 is 1.86 bits per heavy atom. The number of nitrogens with one attached hydrogen (secondary N) is 2. The zero-order chi connectivity index (χ0) is 16.1. The van der Waals surface area contributed by atoms with Gasteiger partial charge in [0.05, 0.1) is 17.7 Å². The maximum Gasteiger partial charge on any atom is 0.337 e. The second-order valence-corrected chi connectivity index (χ2v) is 5.10. The number of hydrogen-bond donors (Lipinski definition) is 2. The van der Waals surface area contributed by atoms with Crippen LogP contribution in [-0.2, 0) is 4.74 Å². The van der Waals surface area contributed by atoms with E-state index in [0.29, 0.717) is 16.9 Å². The largest absolute Gasteiger partial charge is 0.465 e. The van der Waals surface area contributed by atoms with Gasteiger partial charge in [-0.15, -0.1) is 0 Å². The van der Waals surface area contributed by atoms with Gasteiger partial charge in [0.1, 0.15) is 5.82 Å². The summed E-state index contributed by atoms with van der Waals surface area (Å²) in [5, 5.41) is 6.08. The molecule has 0 atom stereocenters. The van der Waals surface area contributed by atoms with Crippen LogP contribution < -0.4 is 10.6 Å². The molecular weight excluding hydrogens is 327 g/mol. The van der Waals surface area contributed by atoms with E-state index in [0.717, 1.165) is 0 Å². The summed E-state index contributed by atoms with van der Waals surface area (Å²) in [6, 6.07) is 10.9. The van der Waals surface area contributed by atoms with Crippen LogP contribution in [0.25, 0.3) is 0 Å². The first-order chi connectivity index (χ1) is 10.5. The molecular formula is C15H12ClFN2O2S. The van der Waals surface area contributed by atoms with Gasteiger partial charge in [-0.1, -0.05) is 17.7 Å². The van der Waals surface area contributed by atoms with Crippen molar-refractivity contribution in [1.82, 2.24) is 0 Å². The van der Waals surface area contributed by atoms with Crippen molar-refractivity contribution in [3.05, 3.63) is 58.9 Å². The molecule has 0 aromatic heterocycles. The minimum absolute atomic E-state index is 0.000452. The number of benzene rings is 2. The van der Waals surface area contributed by atoms with E-state index in [1.165, 1.54) is 25.3 Å². The molecule has 0 aliphatic carbocycles. The zero-order valence-electron chi connectivity index (χ0n) is 11.5. The van der Waals surface area contributed by atoms with Crippen LogP contribution >= 0.6 is 23.8 Å². The Hall–Kier alpha value is -2.18. The van der Waals surface area contributed by atoms with Crippen molar-refractivity contribution in [2.24, 2.45) is 0 Å². The fourth-order valence-electron chi connectivity index (χ4n) is 1.71. The summed E-state index contributed by atoms with van der Waals surface area (Å²) in [7, 11) is 1.31. The second kappa shape index (κ2) is 7.20. The third kappa shape index (κ3) is 4.16. The Bertz CT molecular complexity index is 724. The quantitative estimate of drug-likeness (QED) is 0.652. The van der Waals surface area contributed by atoms with Crippen molar-refractivity contribution in [2.75, 3.05) is 17.7 Å². The van der Waals surface area contributed by atoms with Crippen molar-refractivity contribution in [1.29, 1.82) is 0 Å². The predicted molar refractivity (Wildman–Crippen MR) is 89.0 cm³/mol. The molecule has 0 bridgehead atoms. The summed E-state index contributed by atoms with van der Waals surface area (Å²) >= 11 is 10.9. The number of halogens is 2. The SMILES string of the molecule is COC(=O)c1cccc(NC(=S)Nc2ccc(F)c(Cl)c2)c1. The van der Waals surface area contributed by atoms with Gasteiger partial charge in [0.25, 0.3) is 0 Å². The molecule has 0 amide bonds. The van der Waals surface area contributed by atoms with Gasteiger partial charge >= 0.3 is 5.97 Å². The first kappa shape index (κ1) is 16.2.